The third-order valence-corrected chi connectivity index (χ3v) is 3.52. The van der Waals surface area contributed by atoms with Crippen LogP contribution in [0.1, 0.15) is 0 Å². The maximum absolute atomic E-state index is 12.3. The standard InChI is InChI=1S/C16H23F3N4O2.HI/c1-20-15(21-7-8-23(2)11-16(17,18)19)22-9-12-10-24-13-5-3-4-6-14(13)25-12;/h3-6,12H,7-11H2,1-2H3,(H2,20,21,22);1H. The third kappa shape index (κ3) is 7.85. The summed E-state index contributed by atoms with van der Waals surface area (Å²) in [6.07, 6.45) is -4.37. The Balaban J connectivity index is 0.00000338. The maximum atomic E-state index is 12.3. The van der Waals surface area contributed by atoms with Crippen LogP contribution in [-0.4, -0.2) is 70.0 Å². The molecule has 0 spiro atoms. The fourth-order valence-corrected chi connectivity index (χ4v) is 2.35. The van der Waals surface area contributed by atoms with Gasteiger partial charge in [-0.25, -0.2) is 0 Å². The molecule has 1 aliphatic heterocycles. The number of nitrogens with zero attached hydrogens (tertiary/aromatic N) is 2. The average molecular weight is 488 g/mol. The van der Waals surface area contributed by atoms with E-state index in [1.807, 2.05) is 24.3 Å². The third-order valence-electron chi connectivity index (χ3n) is 3.52. The van der Waals surface area contributed by atoms with Gasteiger partial charge < -0.3 is 20.1 Å². The van der Waals surface area contributed by atoms with Gasteiger partial charge in [-0.05, 0) is 19.2 Å². The van der Waals surface area contributed by atoms with Gasteiger partial charge in [0.05, 0.1) is 13.1 Å². The molecule has 1 atom stereocenters. The summed E-state index contributed by atoms with van der Waals surface area (Å²) in [5.74, 6) is 1.91. The van der Waals surface area contributed by atoms with Gasteiger partial charge in [0, 0.05) is 20.1 Å². The molecule has 10 heteroatoms. The number of alkyl halides is 3. The van der Waals surface area contributed by atoms with Crippen molar-refractivity contribution < 1.29 is 22.6 Å². The van der Waals surface area contributed by atoms with Crippen LogP contribution in [0.4, 0.5) is 13.2 Å². The quantitative estimate of drug-likeness (QED) is 0.365. The highest BCUT2D eigenvalue weighted by Gasteiger charge is 2.28. The smallest absolute Gasteiger partial charge is 0.401 e. The Hall–Kier alpha value is -1.43. The molecule has 0 amide bonds. The van der Waals surface area contributed by atoms with E-state index in [4.69, 9.17) is 9.47 Å². The molecule has 1 aromatic rings. The van der Waals surface area contributed by atoms with Crippen LogP contribution in [0.25, 0.3) is 0 Å². The number of likely N-dealkylation sites (N-methyl/N-ethyl adjacent to an activating group) is 1. The molecule has 1 heterocycles. The molecule has 0 aromatic heterocycles. The van der Waals surface area contributed by atoms with Gasteiger partial charge in [0.25, 0.3) is 0 Å². The van der Waals surface area contributed by atoms with E-state index < -0.39 is 12.7 Å². The molecular formula is C16H24F3IN4O2. The van der Waals surface area contributed by atoms with Crippen molar-refractivity contribution in [1.29, 1.82) is 0 Å². The molecule has 0 bridgehead atoms. The van der Waals surface area contributed by atoms with Crippen LogP contribution in [0.3, 0.4) is 0 Å². The summed E-state index contributed by atoms with van der Waals surface area (Å²) in [4.78, 5) is 5.25. The van der Waals surface area contributed by atoms with Crippen molar-refractivity contribution in [3.05, 3.63) is 24.3 Å². The van der Waals surface area contributed by atoms with Crippen LogP contribution in [0.15, 0.2) is 29.3 Å². The van der Waals surface area contributed by atoms with Crippen molar-refractivity contribution in [2.24, 2.45) is 4.99 Å². The number of nitrogens with one attached hydrogen (secondary N) is 2. The van der Waals surface area contributed by atoms with Crippen LogP contribution in [0.2, 0.25) is 0 Å². The first-order valence-electron chi connectivity index (χ1n) is 7.95. The monoisotopic (exact) mass is 488 g/mol. The van der Waals surface area contributed by atoms with Gasteiger partial charge in [-0.1, -0.05) is 12.1 Å². The SMILES string of the molecule is CN=C(NCCN(C)CC(F)(F)F)NCC1COc2ccccc2O1.I. The zero-order valence-electron chi connectivity index (χ0n) is 14.7. The first-order valence-corrected chi connectivity index (χ1v) is 7.95. The Morgan fingerprint density at radius 2 is 1.96 bits per heavy atom. The van der Waals surface area contributed by atoms with E-state index in [9.17, 15) is 13.2 Å². The zero-order chi connectivity index (χ0) is 18.3. The first kappa shape index (κ1) is 22.6. The van der Waals surface area contributed by atoms with Crippen LogP contribution >= 0.6 is 24.0 Å². The second-order valence-corrected chi connectivity index (χ2v) is 5.73. The van der Waals surface area contributed by atoms with E-state index in [1.54, 1.807) is 7.05 Å². The number of benzene rings is 1. The topological polar surface area (TPSA) is 58.1 Å². The average Bonchev–Trinajstić information content (AvgIpc) is 2.56. The molecule has 6 nitrogen and oxygen atoms in total. The number of hydrogen-bond donors (Lipinski definition) is 2. The molecule has 1 aliphatic rings. The summed E-state index contributed by atoms with van der Waals surface area (Å²) in [5, 5.41) is 6.06. The summed E-state index contributed by atoms with van der Waals surface area (Å²) in [7, 11) is 3.03. The maximum Gasteiger partial charge on any atom is 0.401 e. The second-order valence-electron chi connectivity index (χ2n) is 5.73. The normalized spacial score (nSPS) is 16.8. The van der Waals surface area contributed by atoms with Gasteiger partial charge in [-0.15, -0.1) is 24.0 Å². The molecule has 26 heavy (non-hydrogen) atoms. The second kappa shape index (κ2) is 10.7. The van der Waals surface area contributed by atoms with Crippen LogP contribution in [0, 0.1) is 0 Å². The number of halogens is 4. The number of hydrogen-bond acceptors (Lipinski definition) is 4. The molecule has 0 saturated heterocycles. The Kier molecular flexibility index (Phi) is 9.27. The van der Waals surface area contributed by atoms with E-state index in [-0.39, 0.29) is 36.6 Å². The largest absolute Gasteiger partial charge is 0.486 e. The lowest BCUT2D eigenvalue weighted by Crippen LogP contribution is -2.47. The van der Waals surface area contributed by atoms with Gasteiger partial charge in [-0.2, -0.15) is 13.2 Å². The molecule has 1 aromatic carbocycles. The van der Waals surface area contributed by atoms with Crippen molar-refractivity contribution in [3.63, 3.8) is 0 Å². The van der Waals surface area contributed by atoms with Crippen molar-refractivity contribution in [2.75, 3.05) is 46.9 Å². The minimum atomic E-state index is -4.19. The Labute approximate surface area is 168 Å². The minimum absolute atomic E-state index is 0. The Morgan fingerprint density at radius 3 is 2.62 bits per heavy atom. The lowest BCUT2D eigenvalue weighted by molar-refractivity contribution is -0.142. The van der Waals surface area contributed by atoms with E-state index >= 15 is 0 Å². The predicted octanol–water partition coefficient (Wildman–Crippen LogP) is 2.10. The van der Waals surface area contributed by atoms with Crippen molar-refractivity contribution in [3.8, 4) is 11.5 Å². The lowest BCUT2D eigenvalue weighted by Gasteiger charge is -2.27. The molecule has 2 N–H and O–H groups in total. The molecule has 0 saturated carbocycles. The number of guanidine groups is 1. The molecular weight excluding hydrogens is 464 g/mol. The summed E-state index contributed by atoms with van der Waals surface area (Å²) in [6.45, 7) is 0.531. The fourth-order valence-electron chi connectivity index (χ4n) is 2.35. The van der Waals surface area contributed by atoms with Gasteiger partial charge >= 0.3 is 6.18 Å². The van der Waals surface area contributed by atoms with Crippen molar-refractivity contribution in [2.45, 2.75) is 12.3 Å². The summed E-state index contributed by atoms with van der Waals surface area (Å²) < 4.78 is 48.2. The van der Waals surface area contributed by atoms with Gasteiger partial charge in [0.15, 0.2) is 17.5 Å². The minimum Gasteiger partial charge on any atom is -0.486 e. The van der Waals surface area contributed by atoms with Crippen LogP contribution in [-0.2, 0) is 0 Å². The molecule has 0 fully saturated rings. The molecule has 0 radical (unpaired) electrons. The zero-order valence-corrected chi connectivity index (χ0v) is 17.0. The highest BCUT2D eigenvalue weighted by Crippen LogP contribution is 2.30. The van der Waals surface area contributed by atoms with Crippen molar-refractivity contribution in [1.82, 2.24) is 15.5 Å². The summed E-state index contributed by atoms with van der Waals surface area (Å²) >= 11 is 0. The number of rotatable bonds is 6. The van der Waals surface area contributed by atoms with Gasteiger partial charge in [0.1, 0.15) is 12.7 Å². The van der Waals surface area contributed by atoms with E-state index in [0.717, 1.165) is 0 Å². The fraction of sp³-hybridized carbons (Fsp3) is 0.562. The van der Waals surface area contributed by atoms with E-state index in [0.29, 0.717) is 37.2 Å². The van der Waals surface area contributed by atoms with E-state index in [2.05, 4.69) is 15.6 Å². The molecule has 0 aliphatic carbocycles. The first-order chi connectivity index (χ1) is 11.9. The predicted molar refractivity (Wildman–Crippen MR) is 105 cm³/mol. The lowest BCUT2D eigenvalue weighted by atomic mass is 10.2. The number of para-hydroxylation sites is 2. The van der Waals surface area contributed by atoms with Gasteiger partial charge in [-0.3, -0.25) is 9.89 Å². The molecule has 2 rings (SSSR count). The Morgan fingerprint density at radius 1 is 1.27 bits per heavy atom. The summed E-state index contributed by atoms with van der Waals surface area (Å²) in [5.41, 5.74) is 0. The van der Waals surface area contributed by atoms with E-state index in [1.165, 1.54) is 11.9 Å². The number of fused-ring (bicyclic) bond motifs is 1. The van der Waals surface area contributed by atoms with Gasteiger partial charge in [0.2, 0.25) is 0 Å². The number of aliphatic imine (C=N–C) groups is 1. The van der Waals surface area contributed by atoms with Crippen molar-refractivity contribution >= 4 is 29.9 Å². The van der Waals surface area contributed by atoms with Crippen LogP contribution in [0.5, 0.6) is 11.5 Å². The summed E-state index contributed by atoms with van der Waals surface area (Å²) in [6, 6.07) is 7.43. The number of ether oxygens (including phenoxy) is 2. The Bertz CT molecular complexity index is 587. The highest BCUT2D eigenvalue weighted by molar-refractivity contribution is 14.0. The molecule has 1 unspecified atom stereocenters. The molecule has 148 valence electrons. The van der Waals surface area contributed by atoms with Crippen LogP contribution < -0.4 is 20.1 Å². The highest BCUT2D eigenvalue weighted by atomic mass is 127.